The molecule has 0 N–H and O–H groups in total. The van der Waals surface area contributed by atoms with E-state index in [1.165, 1.54) is 23.5 Å². The summed E-state index contributed by atoms with van der Waals surface area (Å²) in [7, 11) is 0. The second-order valence-electron chi connectivity index (χ2n) is 6.64. The summed E-state index contributed by atoms with van der Waals surface area (Å²) in [6.07, 6.45) is 1.59. The zero-order valence-electron chi connectivity index (χ0n) is 14.7. The fourth-order valence-corrected chi connectivity index (χ4v) is 4.31. The van der Waals surface area contributed by atoms with Crippen molar-refractivity contribution in [1.29, 1.82) is 0 Å². The second kappa shape index (κ2) is 7.71. The SMILES string of the molecule is O=C(c1ccc(F)c(F)c1)N1CCCC(c2nnc(-c3ccccc3F)s2)C1. The van der Waals surface area contributed by atoms with E-state index in [2.05, 4.69) is 10.2 Å². The van der Waals surface area contributed by atoms with E-state index in [1.54, 1.807) is 23.1 Å². The number of carbonyl (C=O) groups excluding carboxylic acids is 1. The molecular formula is C20H16F3N3OS. The number of hydrogen-bond donors (Lipinski definition) is 0. The topological polar surface area (TPSA) is 46.1 Å². The number of amides is 1. The van der Waals surface area contributed by atoms with Gasteiger partial charge in [0.2, 0.25) is 0 Å². The van der Waals surface area contributed by atoms with Crippen molar-refractivity contribution in [3.63, 3.8) is 0 Å². The Morgan fingerprint density at radius 1 is 1.04 bits per heavy atom. The zero-order valence-corrected chi connectivity index (χ0v) is 15.6. The zero-order chi connectivity index (χ0) is 19.7. The molecule has 4 rings (SSSR count). The van der Waals surface area contributed by atoms with Crippen LogP contribution in [0.2, 0.25) is 0 Å². The molecule has 0 saturated carbocycles. The van der Waals surface area contributed by atoms with Gasteiger partial charge in [-0.25, -0.2) is 13.2 Å². The summed E-state index contributed by atoms with van der Waals surface area (Å²) in [5.41, 5.74) is 0.514. The van der Waals surface area contributed by atoms with Crippen molar-refractivity contribution in [2.24, 2.45) is 0 Å². The molecule has 0 radical (unpaired) electrons. The van der Waals surface area contributed by atoms with Gasteiger partial charge in [-0.1, -0.05) is 23.5 Å². The molecule has 0 spiro atoms. The monoisotopic (exact) mass is 403 g/mol. The number of halogens is 3. The molecular weight excluding hydrogens is 387 g/mol. The number of likely N-dealkylation sites (tertiary alicyclic amines) is 1. The lowest BCUT2D eigenvalue weighted by Gasteiger charge is -2.31. The Morgan fingerprint density at radius 3 is 2.64 bits per heavy atom. The van der Waals surface area contributed by atoms with Crippen LogP contribution in [0.3, 0.4) is 0 Å². The van der Waals surface area contributed by atoms with Crippen molar-refractivity contribution in [3.8, 4) is 10.6 Å². The maximum Gasteiger partial charge on any atom is 0.253 e. The summed E-state index contributed by atoms with van der Waals surface area (Å²) in [5, 5.41) is 9.54. The van der Waals surface area contributed by atoms with Gasteiger partial charge in [-0.3, -0.25) is 4.79 Å². The van der Waals surface area contributed by atoms with E-state index < -0.39 is 11.6 Å². The van der Waals surface area contributed by atoms with Gasteiger partial charge in [0.05, 0.1) is 0 Å². The number of aromatic nitrogens is 2. The molecule has 144 valence electrons. The van der Waals surface area contributed by atoms with Gasteiger partial charge in [-0.05, 0) is 43.2 Å². The summed E-state index contributed by atoms with van der Waals surface area (Å²) in [6, 6.07) is 9.54. The van der Waals surface area contributed by atoms with Crippen molar-refractivity contribution >= 4 is 17.2 Å². The average Bonchev–Trinajstić information content (AvgIpc) is 3.20. The molecule has 8 heteroatoms. The lowest BCUT2D eigenvalue weighted by Crippen LogP contribution is -2.39. The minimum absolute atomic E-state index is 0.0268. The van der Waals surface area contributed by atoms with Crippen LogP contribution < -0.4 is 0 Å². The molecule has 4 nitrogen and oxygen atoms in total. The van der Waals surface area contributed by atoms with Crippen LogP contribution in [0.25, 0.3) is 10.6 Å². The van der Waals surface area contributed by atoms with Crippen LogP contribution in [0.15, 0.2) is 42.5 Å². The fourth-order valence-electron chi connectivity index (χ4n) is 3.32. The van der Waals surface area contributed by atoms with Crippen molar-refractivity contribution < 1.29 is 18.0 Å². The maximum atomic E-state index is 14.0. The van der Waals surface area contributed by atoms with Crippen LogP contribution in [0.4, 0.5) is 13.2 Å². The van der Waals surface area contributed by atoms with Gasteiger partial charge in [0, 0.05) is 30.1 Å². The first-order valence-electron chi connectivity index (χ1n) is 8.85. The lowest BCUT2D eigenvalue weighted by molar-refractivity contribution is 0.0706. The molecule has 1 saturated heterocycles. The standard InChI is InChI=1S/C20H16F3N3OS/c21-15-6-2-1-5-14(15)19-25-24-18(28-19)13-4-3-9-26(11-13)20(27)12-7-8-16(22)17(23)10-12/h1-2,5-8,10,13H,3-4,9,11H2. The van der Waals surface area contributed by atoms with Crippen LogP contribution in [-0.2, 0) is 0 Å². The number of benzene rings is 2. The Labute approximate surface area is 163 Å². The van der Waals surface area contributed by atoms with Crippen molar-refractivity contribution in [1.82, 2.24) is 15.1 Å². The normalized spacial score (nSPS) is 17.0. The minimum Gasteiger partial charge on any atom is -0.338 e. The second-order valence-corrected chi connectivity index (χ2v) is 7.65. The third-order valence-corrected chi connectivity index (χ3v) is 5.89. The van der Waals surface area contributed by atoms with E-state index >= 15 is 0 Å². The Morgan fingerprint density at radius 2 is 1.86 bits per heavy atom. The van der Waals surface area contributed by atoms with E-state index in [-0.39, 0.29) is 23.2 Å². The van der Waals surface area contributed by atoms with E-state index in [0.29, 0.717) is 23.7 Å². The van der Waals surface area contributed by atoms with Gasteiger partial charge in [0.15, 0.2) is 16.6 Å². The molecule has 1 unspecified atom stereocenters. The highest BCUT2D eigenvalue weighted by Gasteiger charge is 2.28. The first-order chi connectivity index (χ1) is 13.5. The summed E-state index contributed by atoms with van der Waals surface area (Å²) in [5.74, 6) is -2.76. The minimum atomic E-state index is -1.04. The molecule has 1 aromatic heterocycles. The summed E-state index contributed by atoms with van der Waals surface area (Å²) in [6.45, 7) is 0.942. The van der Waals surface area contributed by atoms with E-state index in [0.717, 1.165) is 30.0 Å². The predicted molar refractivity (Wildman–Crippen MR) is 99.5 cm³/mol. The summed E-state index contributed by atoms with van der Waals surface area (Å²) < 4.78 is 40.5. The van der Waals surface area contributed by atoms with Crippen molar-refractivity contribution in [2.75, 3.05) is 13.1 Å². The van der Waals surface area contributed by atoms with E-state index in [1.807, 2.05) is 0 Å². The Kier molecular flexibility index (Phi) is 5.13. The van der Waals surface area contributed by atoms with Crippen LogP contribution in [0, 0.1) is 17.5 Å². The van der Waals surface area contributed by atoms with Gasteiger partial charge >= 0.3 is 0 Å². The molecule has 3 aromatic rings. The molecule has 2 heterocycles. The summed E-state index contributed by atoms with van der Waals surface area (Å²) >= 11 is 1.31. The molecule has 0 bridgehead atoms. The van der Waals surface area contributed by atoms with Crippen LogP contribution in [0.5, 0.6) is 0 Å². The van der Waals surface area contributed by atoms with Crippen LogP contribution >= 0.6 is 11.3 Å². The molecule has 0 aliphatic carbocycles. The number of piperidine rings is 1. The highest BCUT2D eigenvalue weighted by atomic mass is 32.1. The van der Waals surface area contributed by atoms with Gasteiger partial charge < -0.3 is 4.90 Å². The van der Waals surface area contributed by atoms with Gasteiger partial charge in [-0.2, -0.15) is 0 Å². The van der Waals surface area contributed by atoms with Crippen LogP contribution in [-0.4, -0.2) is 34.1 Å². The molecule has 1 aliphatic rings. The average molecular weight is 403 g/mol. The smallest absolute Gasteiger partial charge is 0.253 e. The molecule has 1 amide bonds. The van der Waals surface area contributed by atoms with Gasteiger partial charge in [0.25, 0.3) is 5.91 Å². The fraction of sp³-hybridized carbons (Fsp3) is 0.250. The number of nitrogens with zero attached hydrogens (tertiary/aromatic N) is 3. The van der Waals surface area contributed by atoms with Gasteiger partial charge in [0.1, 0.15) is 10.8 Å². The quantitative estimate of drug-likeness (QED) is 0.640. The number of carbonyl (C=O) groups is 1. The largest absolute Gasteiger partial charge is 0.338 e. The van der Waals surface area contributed by atoms with E-state index in [9.17, 15) is 18.0 Å². The highest BCUT2D eigenvalue weighted by Crippen LogP contribution is 2.33. The van der Waals surface area contributed by atoms with Crippen molar-refractivity contribution in [3.05, 3.63) is 70.5 Å². The first kappa shape index (κ1) is 18.6. The van der Waals surface area contributed by atoms with Crippen molar-refractivity contribution in [2.45, 2.75) is 18.8 Å². The molecule has 2 aromatic carbocycles. The number of rotatable bonds is 3. The van der Waals surface area contributed by atoms with Crippen LogP contribution in [0.1, 0.15) is 34.1 Å². The van der Waals surface area contributed by atoms with E-state index in [4.69, 9.17) is 0 Å². The Hall–Kier alpha value is -2.74. The molecule has 28 heavy (non-hydrogen) atoms. The third kappa shape index (κ3) is 3.64. The first-order valence-corrected chi connectivity index (χ1v) is 9.67. The maximum absolute atomic E-state index is 14.0. The highest BCUT2D eigenvalue weighted by molar-refractivity contribution is 7.14. The molecule has 1 atom stereocenters. The Balaban J connectivity index is 1.52. The lowest BCUT2D eigenvalue weighted by atomic mass is 9.98. The van der Waals surface area contributed by atoms with Gasteiger partial charge in [-0.15, -0.1) is 10.2 Å². The third-order valence-electron chi connectivity index (χ3n) is 4.77. The molecule has 1 fully saturated rings. The Bertz CT molecular complexity index is 1020. The summed E-state index contributed by atoms with van der Waals surface area (Å²) in [4.78, 5) is 14.3. The number of hydrogen-bond acceptors (Lipinski definition) is 4. The predicted octanol–water partition coefficient (Wildman–Crippen LogP) is 4.64. The molecule has 1 aliphatic heterocycles.